The van der Waals surface area contributed by atoms with Crippen molar-refractivity contribution >= 4 is 10.9 Å². The highest BCUT2D eigenvalue weighted by Crippen LogP contribution is 2.22. The van der Waals surface area contributed by atoms with Crippen molar-refractivity contribution in [1.82, 2.24) is 4.98 Å². The summed E-state index contributed by atoms with van der Waals surface area (Å²) in [6.45, 7) is 0. The third kappa shape index (κ3) is 2.68. The first-order valence-corrected chi connectivity index (χ1v) is 6.49. The van der Waals surface area contributed by atoms with Gasteiger partial charge in [-0.15, -0.1) is 0 Å². The van der Waals surface area contributed by atoms with E-state index < -0.39 is 6.10 Å². The van der Waals surface area contributed by atoms with Crippen molar-refractivity contribution in [2.45, 2.75) is 12.5 Å². The minimum absolute atomic E-state index is 0.266. The van der Waals surface area contributed by atoms with Gasteiger partial charge in [0.2, 0.25) is 0 Å². The van der Waals surface area contributed by atoms with Crippen LogP contribution in [0, 0.1) is 5.82 Å². The largest absolute Gasteiger partial charge is 0.388 e. The molecule has 0 saturated carbocycles. The van der Waals surface area contributed by atoms with Gasteiger partial charge < -0.3 is 5.11 Å². The standard InChI is InChI=1S/C17H14FNO/c18-15-7-3-12(4-8-15)10-17(20)14-6-5-13-2-1-9-19-16(13)11-14/h1-9,11,17,20H,10H2. The quantitative estimate of drug-likeness (QED) is 0.785. The Labute approximate surface area is 116 Å². The second-order valence-corrected chi connectivity index (χ2v) is 4.80. The van der Waals surface area contributed by atoms with Crippen molar-refractivity contribution in [3.05, 3.63) is 77.7 Å². The molecular weight excluding hydrogens is 253 g/mol. The summed E-state index contributed by atoms with van der Waals surface area (Å²) in [6, 6.07) is 15.8. The van der Waals surface area contributed by atoms with Crippen LogP contribution in [0.2, 0.25) is 0 Å². The number of aromatic nitrogens is 1. The zero-order valence-electron chi connectivity index (χ0n) is 10.8. The van der Waals surface area contributed by atoms with Crippen molar-refractivity contribution in [3.8, 4) is 0 Å². The molecule has 1 unspecified atom stereocenters. The minimum atomic E-state index is -0.619. The molecule has 0 aliphatic rings. The molecule has 1 aromatic heterocycles. The van der Waals surface area contributed by atoms with E-state index in [0.717, 1.165) is 22.0 Å². The normalized spacial score (nSPS) is 12.5. The topological polar surface area (TPSA) is 33.1 Å². The molecule has 0 fully saturated rings. The molecule has 2 aromatic carbocycles. The number of halogens is 1. The third-order valence-electron chi connectivity index (χ3n) is 3.36. The first kappa shape index (κ1) is 12.8. The van der Waals surface area contributed by atoms with Gasteiger partial charge >= 0.3 is 0 Å². The number of aliphatic hydroxyl groups excluding tert-OH is 1. The molecule has 0 radical (unpaired) electrons. The first-order chi connectivity index (χ1) is 9.72. The molecule has 0 bridgehead atoms. The fourth-order valence-corrected chi connectivity index (χ4v) is 2.25. The van der Waals surface area contributed by atoms with Gasteiger partial charge in [-0.25, -0.2) is 4.39 Å². The second-order valence-electron chi connectivity index (χ2n) is 4.80. The third-order valence-corrected chi connectivity index (χ3v) is 3.36. The van der Waals surface area contributed by atoms with E-state index >= 15 is 0 Å². The second kappa shape index (κ2) is 5.39. The summed E-state index contributed by atoms with van der Waals surface area (Å²) < 4.78 is 12.9. The summed E-state index contributed by atoms with van der Waals surface area (Å²) in [7, 11) is 0. The van der Waals surface area contributed by atoms with Crippen LogP contribution in [0.25, 0.3) is 10.9 Å². The lowest BCUT2D eigenvalue weighted by molar-refractivity contribution is 0.178. The Kier molecular flexibility index (Phi) is 3.44. The Morgan fingerprint density at radius 2 is 1.85 bits per heavy atom. The average molecular weight is 267 g/mol. The van der Waals surface area contributed by atoms with Crippen LogP contribution in [-0.2, 0) is 6.42 Å². The Morgan fingerprint density at radius 1 is 1.05 bits per heavy atom. The summed E-state index contributed by atoms with van der Waals surface area (Å²) in [4.78, 5) is 4.28. The highest BCUT2D eigenvalue weighted by molar-refractivity contribution is 5.78. The molecule has 0 saturated heterocycles. The zero-order chi connectivity index (χ0) is 13.9. The van der Waals surface area contributed by atoms with E-state index in [-0.39, 0.29) is 5.82 Å². The molecule has 1 heterocycles. The minimum Gasteiger partial charge on any atom is -0.388 e. The average Bonchev–Trinajstić information content (AvgIpc) is 2.49. The fourth-order valence-electron chi connectivity index (χ4n) is 2.25. The molecule has 3 heteroatoms. The van der Waals surface area contributed by atoms with Crippen molar-refractivity contribution < 1.29 is 9.50 Å². The Hall–Kier alpha value is -2.26. The molecule has 0 spiro atoms. The lowest BCUT2D eigenvalue weighted by Crippen LogP contribution is -2.02. The molecule has 0 amide bonds. The molecule has 1 atom stereocenters. The molecule has 3 aromatic rings. The smallest absolute Gasteiger partial charge is 0.123 e. The van der Waals surface area contributed by atoms with Crippen LogP contribution >= 0.6 is 0 Å². The maximum absolute atomic E-state index is 12.9. The number of hydrogen-bond donors (Lipinski definition) is 1. The number of pyridine rings is 1. The van der Waals surface area contributed by atoms with E-state index in [0.29, 0.717) is 6.42 Å². The Bertz CT molecular complexity index is 724. The van der Waals surface area contributed by atoms with Crippen LogP contribution in [0.4, 0.5) is 4.39 Å². The van der Waals surface area contributed by atoms with Crippen LogP contribution in [0.5, 0.6) is 0 Å². The molecular formula is C17H14FNO. The lowest BCUT2D eigenvalue weighted by Gasteiger charge is -2.12. The number of fused-ring (bicyclic) bond motifs is 1. The SMILES string of the molecule is OC(Cc1ccc(F)cc1)c1ccc2cccnc2c1. The van der Waals surface area contributed by atoms with Gasteiger partial charge in [0.1, 0.15) is 5.82 Å². The van der Waals surface area contributed by atoms with Crippen LogP contribution in [-0.4, -0.2) is 10.1 Å². The van der Waals surface area contributed by atoms with Crippen molar-refractivity contribution in [2.75, 3.05) is 0 Å². The van der Waals surface area contributed by atoms with E-state index in [4.69, 9.17) is 0 Å². The van der Waals surface area contributed by atoms with Crippen LogP contribution in [0.3, 0.4) is 0 Å². The van der Waals surface area contributed by atoms with E-state index in [9.17, 15) is 9.50 Å². The Morgan fingerprint density at radius 3 is 2.65 bits per heavy atom. The fraction of sp³-hybridized carbons (Fsp3) is 0.118. The van der Waals surface area contributed by atoms with Gasteiger partial charge in [0.05, 0.1) is 11.6 Å². The maximum Gasteiger partial charge on any atom is 0.123 e. The number of aliphatic hydroxyl groups is 1. The predicted molar refractivity (Wildman–Crippen MR) is 76.8 cm³/mol. The summed E-state index contributed by atoms with van der Waals surface area (Å²) >= 11 is 0. The van der Waals surface area contributed by atoms with E-state index in [2.05, 4.69) is 4.98 Å². The number of benzene rings is 2. The lowest BCUT2D eigenvalue weighted by atomic mass is 10.0. The predicted octanol–water partition coefficient (Wildman–Crippen LogP) is 3.65. The highest BCUT2D eigenvalue weighted by atomic mass is 19.1. The molecule has 100 valence electrons. The van der Waals surface area contributed by atoms with E-state index in [1.165, 1.54) is 12.1 Å². The van der Waals surface area contributed by atoms with Gasteiger partial charge in [-0.3, -0.25) is 4.98 Å². The summed E-state index contributed by atoms with van der Waals surface area (Å²) in [6.07, 6.45) is 1.57. The molecule has 20 heavy (non-hydrogen) atoms. The van der Waals surface area contributed by atoms with E-state index in [1.54, 1.807) is 18.3 Å². The highest BCUT2D eigenvalue weighted by Gasteiger charge is 2.09. The van der Waals surface area contributed by atoms with Crippen LogP contribution in [0.15, 0.2) is 60.8 Å². The first-order valence-electron chi connectivity index (χ1n) is 6.49. The number of rotatable bonds is 3. The van der Waals surface area contributed by atoms with Crippen molar-refractivity contribution in [3.63, 3.8) is 0 Å². The van der Waals surface area contributed by atoms with Gasteiger partial charge in [0.25, 0.3) is 0 Å². The van der Waals surface area contributed by atoms with Gasteiger partial charge in [0.15, 0.2) is 0 Å². The molecule has 1 N–H and O–H groups in total. The zero-order valence-corrected chi connectivity index (χ0v) is 10.8. The summed E-state index contributed by atoms with van der Waals surface area (Å²) in [5.41, 5.74) is 2.59. The Balaban J connectivity index is 1.84. The molecule has 2 nitrogen and oxygen atoms in total. The van der Waals surface area contributed by atoms with E-state index in [1.807, 2.05) is 30.3 Å². The van der Waals surface area contributed by atoms with Gasteiger partial charge in [0, 0.05) is 18.0 Å². The number of hydrogen-bond acceptors (Lipinski definition) is 2. The van der Waals surface area contributed by atoms with Crippen LogP contribution < -0.4 is 0 Å². The summed E-state index contributed by atoms with van der Waals surface area (Å²) in [5.74, 6) is -0.266. The maximum atomic E-state index is 12.9. The molecule has 0 aliphatic heterocycles. The van der Waals surface area contributed by atoms with Crippen molar-refractivity contribution in [1.29, 1.82) is 0 Å². The van der Waals surface area contributed by atoms with Crippen molar-refractivity contribution in [2.24, 2.45) is 0 Å². The molecule has 3 rings (SSSR count). The molecule has 0 aliphatic carbocycles. The summed E-state index contributed by atoms with van der Waals surface area (Å²) in [5, 5.41) is 11.3. The van der Waals surface area contributed by atoms with Crippen LogP contribution in [0.1, 0.15) is 17.2 Å². The number of nitrogens with zero attached hydrogens (tertiary/aromatic N) is 1. The van der Waals surface area contributed by atoms with Gasteiger partial charge in [-0.05, 0) is 35.4 Å². The van der Waals surface area contributed by atoms with Gasteiger partial charge in [-0.1, -0.05) is 30.3 Å². The monoisotopic (exact) mass is 267 g/mol. The van der Waals surface area contributed by atoms with Gasteiger partial charge in [-0.2, -0.15) is 0 Å².